The summed E-state index contributed by atoms with van der Waals surface area (Å²) < 4.78 is 0. The number of piperazine rings is 1. The number of H-pyrrole nitrogens is 1. The third kappa shape index (κ3) is 4.37. The SMILES string of the molecule is CN1CCN(c2ccc(Nc3ncc4[nH]c(C(=O)N(C)C)c(C5CCCC5)c4n3)nc2)CC1. The van der Waals surface area contributed by atoms with E-state index in [0.29, 0.717) is 23.4 Å². The average molecular weight is 449 g/mol. The number of rotatable bonds is 5. The zero-order chi connectivity index (χ0) is 22.9. The molecule has 33 heavy (non-hydrogen) atoms. The Morgan fingerprint density at radius 3 is 2.52 bits per heavy atom. The number of carbonyl (C=O) groups is 1. The first-order chi connectivity index (χ1) is 16.0. The molecule has 0 aromatic carbocycles. The molecule has 0 radical (unpaired) electrons. The minimum Gasteiger partial charge on any atom is -0.368 e. The van der Waals surface area contributed by atoms with Crippen LogP contribution in [0.3, 0.4) is 0 Å². The van der Waals surface area contributed by atoms with Crippen LogP contribution in [0, 0.1) is 0 Å². The summed E-state index contributed by atoms with van der Waals surface area (Å²) in [5.74, 6) is 1.52. The van der Waals surface area contributed by atoms with Crippen LogP contribution in [0.2, 0.25) is 0 Å². The molecule has 1 saturated heterocycles. The number of nitrogens with zero attached hydrogens (tertiary/aromatic N) is 6. The van der Waals surface area contributed by atoms with Gasteiger partial charge in [0.25, 0.3) is 5.91 Å². The maximum Gasteiger partial charge on any atom is 0.270 e. The third-order valence-corrected chi connectivity index (χ3v) is 6.81. The molecule has 3 aromatic heterocycles. The van der Waals surface area contributed by atoms with Gasteiger partial charge in [-0.15, -0.1) is 0 Å². The van der Waals surface area contributed by atoms with Gasteiger partial charge in [0.05, 0.1) is 29.1 Å². The van der Waals surface area contributed by atoms with Crippen molar-refractivity contribution in [3.63, 3.8) is 0 Å². The van der Waals surface area contributed by atoms with Crippen molar-refractivity contribution in [1.29, 1.82) is 0 Å². The fraction of sp³-hybridized carbons (Fsp3) is 0.500. The molecule has 2 N–H and O–H groups in total. The summed E-state index contributed by atoms with van der Waals surface area (Å²) in [6.07, 6.45) is 8.21. The average Bonchev–Trinajstić information content (AvgIpc) is 3.47. The first-order valence-corrected chi connectivity index (χ1v) is 11.8. The molecule has 2 fully saturated rings. The Balaban J connectivity index is 1.41. The van der Waals surface area contributed by atoms with Gasteiger partial charge in [-0.25, -0.2) is 15.0 Å². The van der Waals surface area contributed by atoms with Crippen molar-refractivity contribution in [2.75, 3.05) is 57.5 Å². The number of pyridine rings is 1. The second-order valence-corrected chi connectivity index (χ2v) is 9.37. The van der Waals surface area contributed by atoms with Crippen LogP contribution in [0.5, 0.6) is 0 Å². The Kier molecular flexibility index (Phi) is 5.88. The molecule has 9 nitrogen and oxygen atoms in total. The number of nitrogens with one attached hydrogen (secondary N) is 2. The van der Waals surface area contributed by atoms with Gasteiger partial charge in [-0.2, -0.15) is 0 Å². The zero-order valence-electron chi connectivity index (χ0n) is 19.6. The molecule has 174 valence electrons. The number of carbonyl (C=O) groups excluding carboxylic acids is 1. The molecule has 0 spiro atoms. The van der Waals surface area contributed by atoms with Gasteiger partial charge in [0.1, 0.15) is 11.5 Å². The third-order valence-electron chi connectivity index (χ3n) is 6.81. The monoisotopic (exact) mass is 448 g/mol. The van der Waals surface area contributed by atoms with Gasteiger partial charge in [0, 0.05) is 45.8 Å². The second kappa shape index (κ2) is 8.97. The van der Waals surface area contributed by atoms with E-state index < -0.39 is 0 Å². The molecule has 4 heterocycles. The number of anilines is 3. The van der Waals surface area contributed by atoms with E-state index in [1.807, 2.05) is 12.3 Å². The number of hydrogen-bond acceptors (Lipinski definition) is 7. The highest BCUT2D eigenvalue weighted by molar-refractivity contribution is 6.00. The summed E-state index contributed by atoms with van der Waals surface area (Å²) in [5.41, 5.74) is 4.43. The maximum absolute atomic E-state index is 12.9. The van der Waals surface area contributed by atoms with E-state index in [-0.39, 0.29) is 5.91 Å². The standard InChI is InChI=1S/C24H32N8O/c1-30(2)23(33)22-20(16-6-4-5-7-16)21-18(27-22)15-26-24(29-21)28-19-9-8-17(14-25-19)32-12-10-31(3)11-13-32/h8-9,14-16,27H,4-7,10-13H2,1-3H3,(H,25,26,28,29). The van der Waals surface area contributed by atoms with Crippen molar-refractivity contribution in [2.24, 2.45) is 0 Å². The predicted molar refractivity (Wildman–Crippen MR) is 130 cm³/mol. The van der Waals surface area contributed by atoms with Gasteiger partial charge in [-0.3, -0.25) is 4.79 Å². The zero-order valence-corrected chi connectivity index (χ0v) is 19.6. The Labute approximate surface area is 194 Å². The largest absolute Gasteiger partial charge is 0.368 e. The van der Waals surface area contributed by atoms with E-state index >= 15 is 0 Å². The van der Waals surface area contributed by atoms with E-state index in [0.717, 1.165) is 61.3 Å². The molecule has 1 amide bonds. The number of likely N-dealkylation sites (N-methyl/N-ethyl adjacent to an activating group) is 1. The van der Waals surface area contributed by atoms with E-state index in [1.165, 1.54) is 12.8 Å². The molecule has 2 aliphatic rings. The van der Waals surface area contributed by atoms with Gasteiger partial charge >= 0.3 is 0 Å². The summed E-state index contributed by atoms with van der Waals surface area (Å²) in [5, 5.41) is 3.24. The highest BCUT2D eigenvalue weighted by Crippen LogP contribution is 2.39. The molecule has 5 rings (SSSR count). The lowest BCUT2D eigenvalue weighted by Gasteiger charge is -2.33. The molecular formula is C24H32N8O. The molecule has 9 heteroatoms. The van der Waals surface area contributed by atoms with Crippen LogP contribution in [0.1, 0.15) is 47.7 Å². The smallest absolute Gasteiger partial charge is 0.270 e. The van der Waals surface area contributed by atoms with Crippen LogP contribution in [-0.2, 0) is 0 Å². The molecule has 0 unspecified atom stereocenters. The van der Waals surface area contributed by atoms with Gasteiger partial charge in [-0.1, -0.05) is 12.8 Å². The van der Waals surface area contributed by atoms with Gasteiger partial charge < -0.3 is 25.0 Å². The molecule has 0 bridgehead atoms. The number of amides is 1. The van der Waals surface area contributed by atoms with Gasteiger partial charge in [0.2, 0.25) is 5.95 Å². The minimum atomic E-state index is -0.0226. The quantitative estimate of drug-likeness (QED) is 0.619. The van der Waals surface area contributed by atoms with Crippen LogP contribution in [0.15, 0.2) is 24.5 Å². The number of aromatic amines is 1. The lowest BCUT2D eigenvalue weighted by atomic mass is 9.96. The molecule has 3 aromatic rings. The molecule has 1 aliphatic carbocycles. The maximum atomic E-state index is 12.9. The number of aromatic nitrogens is 4. The lowest BCUT2D eigenvalue weighted by Crippen LogP contribution is -2.44. The normalized spacial score (nSPS) is 17.6. The van der Waals surface area contributed by atoms with E-state index in [9.17, 15) is 4.79 Å². The Bertz CT molecular complexity index is 1130. The number of fused-ring (bicyclic) bond motifs is 1. The molecular weight excluding hydrogens is 416 g/mol. The van der Waals surface area contributed by atoms with Crippen molar-refractivity contribution in [1.82, 2.24) is 29.7 Å². The van der Waals surface area contributed by atoms with E-state index in [2.05, 4.69) is 43.2 Å². The van der Waals surface area contributed by atoms with Crippen molar-refractivity contribution < 1.29 is 4.79 Å². The van der Waals surface area contributed by atoms with Crippen molar-refractivity contribution >= 4 is 34.4 Å². The molecule has 0 atom stereocenters. The minimum absolute atomic E-state index is 0.0226. The Morgan fingerprint density at radius 1 is 1.09 bits per heavy atom. The molecule has 1 aliphatic heterocycles. The van der Waals surface area contributed by atoms with Crippen molar-refractivity contribution in [2.45, 2.75) is 31.6 Å². The first-order valence-electron chi connectivity index (χ1n) is 11.8. The Hall–Kier alpha value is -3.20. The predicted octanol–water partition coefficient (Wildman–Crippen LogP) is 3.21. The highest BCUT2D eigenvalue weighted by atomic mass is 16.2. The molecule has 1 saturated carbocycles. The van der Waals surface area contributed by atoms with Gasteiger partial charge in [0.15, 0.2) is 0 Å². The lowest BCUT2D eigenvalue weighted by molar-refractivity contribution is 0.0821. The second-order valence-electron chi connectivity index (χ2n) is 9.37. The van der Waals surface area contributed by atoms with Crippen LogP contribution < -0.4 is 10.2 Å². The first kappa shape index (κ1) is 21.6. The number of hydrogen-bond donors (Lipinski definition) is 2. The summed E-state index contributed by atoms with van der Waals surface area (Å²) >= 11 is 0. The fourth-order valence-corrected chi connectivity index (χ4v) is 4.89. The van der Waals surface area contributed by atoms with Crippen LogP contribution in [0.25, 0.3) is 11.0 Å². The van der Waals surface area contributed by atoms with Crippen LogP contribution in [0.4, 0.5) is 17.5 Å². The van der Waals surface area contributed by atoms with Crippen molar-refractivity contribution in [3.8, 4) is 0 Å². The summed E-state index contributed by atoms with van der Waals surface area (Å²) in [7, 11) is 5.71. The van der Waals surface area contributed by atoms with Crippen LogP contribution >= 0.6 is 0 Å². The summed E-state index contributed by atoms with van der Waals surface area (Å²) in [4.78, 5) is 36.3. The van der Waals surface area contributed by atoms with Crippen molar-refractivity contribution in [3.05, 3.63) is 35.8 Å². The summed E-state index contributed by atoms with van der Waals surface area (Å²) in [6.45, 7) is 4.14. The topological polar surface area (TPSA) is 93.3 Å². The Morgan fingerprint density at radius 2 is 1.85 bits per heavy atom. The summed E-state index contributed by atoms with van der Waals surface area (Å²) in [6, 6.07) is 4.06. The van der Waals surface area contributed by atoms with E-state index in [4.69, 9.17) is 4.98 Å². The van der Waals surface area contributed by atoms with Gasteiger partial charge in [-0.05, 0) is 37.9 Å². The fourth-order valence-electron chi connectivity index (χ4n) is 4.89. The van der Waals surface area contributed by atoms with Crippen LogP contribution in [-0.4, -0.2) is 83.0 Å². The highest BCUT2D eigenvalue weighted by Gasteiger charge is 2.29. The van der Waals surface area contributed by atoms with E-state index in [1.54, 1.807) is 25.2 Å².